The van der Waals surface area contributed by atoms with Gasteiger partial charge in [0, 0.05) is 11.3 Å². The third kappa shape index (κ3) is 2.86. The van der Waals surface area contributed by atoms with Gasteiger partial charge < -0.3 is 15.7 Å². The molecule has 2 aliphatic rings. The standard InChI is InChI=1S/C11H18N2O3S/c1-10(3-2-6-17-10)7-12-9(16)13-11(4-5-11)8(14)15/h2-7H2,1H3,(H,14,15)(H2,12,13,16). The lowest BCUT2D eigenvalue weighted by Crippen LogP contribution is -2.50. The molecule has 1 atom stereocenters. The van der Waals surface area contributed by atoms with Crippen molar-refractivity contribution in [2.45, 2.75) is 42.9 Å². The first-order chi connectivity index (χ1) is 7.96. The van der Waals surface area contributed by atoms with Gasteiger partial charge in [0.25, 0.3) is 0 Å². The van der Waals surface area contributed by atoms with Crippen LogP contribution in [0.15, 0.2) is 0 Å². The molecular formula is C11H18N2O3S. The van der Waals surface area contributed by atoms with E-state index < -0.39 is 11.5 Å². The predicted molar refractivity (Wildman–Crippen MR) is 66.2 cm³/mol. The van der Waals surface area contributed by atoms with Crippen molar-refractivity contribution < 1.29 is 14.7 Å². The molecule has 0 radical (unpaired) electrons. The van der Waals surface area contributed by atoms with E-state index in [4.69, 9.17) is 5.11 Å². The summed E-state index contributed by atoms with van der Waals surface area (Å²) in [6, 6.07) is -0.362. The minimum Gasteiger partial charge on any atom is -0.480 e. The molecule has 0 aromatic carbocycles. The minimum atomic E-state index is -0.992. The van der Waals surface area contributed by atoms with Gasteiger partial charge in [-0.25, -0.2) is 9.59 Å². The van der Waals surface area contributed by atoms with Crippen molar-refractivity contribution >= 4 is 23.8 Å². The third-order valence-corrected chi connectivity index (χ3v) is 4.97. The van der Waals surface area contributed by atoms with Crippen LogP contribution >= 0.6 is 11.8 Å². The van der Waals surface area contributed by atoms with Crippen molar-refractivity contribution in [3.63, 3.8) is 0 Å². The zero-order valence-electron chi connectivity index (χ0n) is 9.91. The van der Waals surface area contributed by atoms with Crippen LogP contribution in [-0.4, -0.2) is 39.7 Å². The molecule has 96 valence electrons. The third-order valence-electron chi connectivity index (χ3n) is 3.44. The number of carboxylic acid groups (broad SMARTS) is 1. The summed E-state index contributed by atoms with van der Waals surface area (Å²) in [4.78, 5) is 22.5. The number of nitrogens with one attached hydrogen (secondary N) is 2. The molecule has 1 saturated carbocycles. The minimum absolute atomic E-state index is 0.108. The maximum atomic E-state index is 11.6. The number of amides is 2. The quantitative estimate of drug-likeness (QED) is 0.707. The fourth-order valence-corrected chi connectivity index (χ4v) is 3.27. The van der Waals surface area contributed by atoms with E-state index in [0.717, 1.165) is 12.2 Å². The van der Waals surface area contributed by atoms with Gasteiger partial charge >= 0.3 is 12.0 Å². The number of carbonyl (C=O) groups excluding carboxylic acids is 1. The first-order valence-corrected chi connectivity index (χ1v) is 6.88. The Bertz CT molecular complexity index is 336. The number of hydrogen-bond donors (Lipinski definition) is 3. The van der Waals surface area contributed by atoms with Crippen molar-refractivity contribution in [3.05, 3.63) is 0 Å². The van der Waals surface area contributed by atoms with Crippen molar-refractivity contribution in [1.82, 2.24) is 10.6 Å². The van der Waals surface area contributed by atoms with Gasteiger partial charge in [-0.2, -0.15) is 11.8 Å². The molecule has 1 saturated heterocycles. The zero-order valence-corrected chi connectivity index (χ0v) is 10.7. The van der Waals surface area contributed by atoms with Gasteiger partial charge in [-0.1, -0.05) is 0 Å². The second kappa shape index (κ2) is 4.40. The fourth-order valence-electron chi connectivity index (χ4n) is 2.02. The lowest BCUT2D eigenvalue weighted by molar-refractivity contribution is -0.140. The van der Waals surface area contributed by atoms with Gasteiger partial charge in [0.2, 0.25) is 0 Å². The molecule has 1 aliphatic carbocycles. The molecule has 0 spiro atoms. The number of carbonyl (C=O) groups is 2. The number of urea groups is 1. The number of carboxylic acids is 1. The monoisotopic (exact) mass is 258 g/mol. The summed E-state index contributed by atoms with van der Waals surface area (Å²) in [7, 11) is 0. The summed E-state index contributed by atoms with van der Waals surface area (Å²) in [6.45, 7) is 2.73. The van der Waals surface area contributed by atoms with Gasteiger partial charge in [-0.3, -0.25) is 0 Å². The molecule has 1 unspecified atom stereocenters. The van der Waals surface area contributed by atoms with E-state index in [2.05, 4.69) is 17.6 Å². The Morgan fingerprint density at radius 2 is 2.06 bits per heavy atom. The normalized spacial score (nSPS) is 29.7. The molecular weight excluding hydrogens is 240 g/mol. The lowest BCUT2D eigenvalue weighted by atomic mass is 10.1. The highest BCUT2D eigenvalue weighted by molar-refractivity contribution is 8.00. The van der Waals surface area contributed by atoms with E-state index in [1.165, 1.54) is 6.42 Å². The number of thioether (sulfide) groups is 1. The summed E-state index contributed by atoms with van der Waals surface area (Å²) in [5.74, 6) is 0.202. The van der Waals surface area contributed by atoms with Crippen molar-refractivity contribution in [1.29, 1.82) is 0 Å². The lowest BCUT2D eigenvalue weighted by Gasteiger charge is -2.23. The van der Waals surface area contributed by atoms with Crippen LogP contribution in [0, 0.1) is 0 Å². The molecule has 3 N–H and O–H groups in total. The number of rotatable bonds is 4. The van der Waals surface area contributed by atoms with Crippen LogP contribution in [-0.2, 0) is 4.79 Å². The van der Waals surface area contributed by atoms with E-state index in [9.17, 15) is 9.59 Å². The summed E-state index contributed by atoms with van der Waals surface area (Å²) in [5, 5.41) is 14.3. The zero-order chi connectivity index (χ0) is 12.5. The Hall–Kier alpha value is -0.910. The van der Waals surface area contributed by atoms with E-state index in [1.807, 2.05) is 11.8 Å². The fraction of sp³-hybridized carbons (Fsp3) is 0.818. The Kier molecular flexibility index (Phi) is 3.25. The molecule has 1 aliphatic heterocycles. The van der Waals surface area contributed by atoms with Gasteiger partial charge in [0.05, 0.1) is 0 Å². The molecule has 5 nitrogen and oxygen atoms in total. The average Bonchev–Trinajstić information content (AvgIpc) is 2.92. The molecule has 6 heteroatoms. The summed E-state index contributed by atoms with van der Waals surface area (Å²) >= 11 is 1.87. The first-order valence-electron chi connectivity index (χ1n) is 5.89. The molecule has 1 heterocycles. The van der Waals surface area contributed by atoms with Crippen molar-refractivity contribution in [3.8, 4) is 0 Å². The van der Waals surface area contributed by atoms with E-state index in [1.54, 1.807) is 0 Å². The van der Waals surface area contributed by atoms with Crippen LogP contribution in [0.4, 0.5) is 4.79 Å². The van der Waals surface area contributed by atoms with E-state index >= 15 is 0 Å². The van der Waals surface area contributed by atoms with Crippen LogP contribution in [0.5, 0.6) is 0 Å². The topological polar surface area (TPSA) is 78.4 Å². The summed E-state index contributed by atoms with van der Waals surface area (Å²) in [5.41, 5.74) is -0.992. The highest BCUT2D eigenvalue weighted by atomic mass is 32.2. The Labute approximate surface area is 105 Å². The highest BCUT2D eigenvalue weighted by Crippen LogP contribution is 2.37. The number of aliphatic carboxylic acids is 1. The largest absolute Gasteiger partial charge is 0.480 e. The van der Waals surface area contributed by atoms with Crippen LogP contribution in [0.1, 0.15) is 32.6 Å². The maximum absolute atomic E-state index is 11.6. The molecule has 2 rings (SSSR count). The Morgan fingerprint density at radius 3 is 2.53 bits per heavy atom. The summed E-state index contributed by atoms with van der Waals surface area (Å²) < 4.78 is 0.108. The SMILES string of the molecule is CC1(CNC(=O)NC2(C(=O)O)CC2)CCCS1. The molecule has 2 amide bonds. The van der Waals surface area contributed by atoms with Crippen molar-refractivity contribution in [2.75, 3.05) is 12.3 Å². The smallest absolute Gasteiger partial charge is 0.329 e. The van der Waals surface area contributed by atoms with E-state index in [-0.39, 0.29) is 10.8 Å². The van der Waals surface area contributed by atoms with E-state index in [0.29, 0.717) is 19.4 Å². The molecule has 0 bridgehead atoms. The van der Waals surface area contributed by atoms with Gasteiger partial charge in [-0.15, -0.1) is 0 Å². The van der Waals surface area contributed by atoms with Crippen LogP contribution < -0.4 is 10.6 Å². The second-order valence-corrected chi connectivity index (χ2v) is 6.78. The second-order valence-electron chi connectivity index (χ2n) is 5.10. The van der Waals surface area contributed by atoms with Crippen LogP contribution in [0.25, 0.3) is 0 Å². The Balaban J connectivity index is 1.76. The highest BCUT2D eigenvalue weighted by Gasteiger charge is 2.51. The summed E-state index contributed by atoms with van der Waals surface area (Å²) in [6.07, 6.45) is 3.34. The number of hydrogen-bond acceptors (Lipinski definition) is 3. The molecule has 2 fully saturated rings. The molecule has 17 heavy (non-hydrogen) atoms. The van der Waals surface area contributed by atoms with Crippen molar-refractivity contribution in [2.24, 2.45) is 0 Å². The van der Waals surface area contributed by atoms with Gasteiger partial charge in [0.1, 0.15) is 5.54 Å². The molecule has 0 aromatic heterocycles. The molecule has 0 aromatic rings. The van der Waals surface area contributed by atoms with Crippen LogP contribution in [0.2, 0.25) is 0 Å². The Morgan fingerprint density at radius 1 is 1.35 bits per heavy atom. The van der Waals surface area contributed by atoms with Crippen LogP contribution in [0.3, 0.4) is 0 Å². The first kappa shape index (κ1) is 12.5. The average molecular weight is 258 g/mol. The van der Waals surface area contributed by atoms with Gasteiger partial charge in [-0.05, 0) is 38.4 Å². The predicted octanol–water partition coefficient (Wildman–Crippen LogP) is 1.19. The maximum Gasteiger partial charge on any atom is 0.329 e. The van der Waals surface area contributed by atoms with Gasteiger partial charge in [0.15, 0.2) is 0 Å².